The summed E-state index contributed by atoms with van der Waals surface area (Å²) < 4.78 is 1.19. The Hall–Kier alpha value is -2.70. The number of allylic oxidation sites excluding steroid dienone is 4. The summed E-state index contributed by atoms with van der Waals surface area (Å²) >= 11 is 1.71. The molecule has 0 bridgehead atoms. The molecule has 5 nitrogen and oxygen atoms in total. The van der Waals surface area contributed by atoms with Crippen LogP contribution in [0.3, 0.4) is 0 Å². The number of rotatable bonds is 2. The molecule has 30 heavy (non-hydrogen) atoms. The molecule has 0 spiro atoms. The van der Waals surface area contributed by atoms with E-state index in [1.807, 2.05) is 19.2 Å². The van der Waals surface area contributed by atoms with E-state index in [-0.39, 0.29) is 11.8 Å². The lowest BCUT2D eigenvalue weighted by Gasteiger charge is -2.34. The van der Waals surface area contributed by atoms with Crippen molar-refractivity contribution in [1.29, 1.82) is 0 Å². The third kappa shape index (κ3) is 3.61. The summed E-state index contributed by atoms with van der Waals surface area (Å²) in [6.45, 7) is 8.09. The van der Waals surface area contributed by atoms with Gasteiger partial charge in [-0.2, -0.15) is 0 Å². The Bertz CT molecular complexity index is 1120. The van der Waals surface area contributed by atoms with Crippen LogP contribution in [0.2, 0.25) is 0 Å². The Morgan fingerprint density at radius 2 is 1.97 bits per heavy atom. The first kappa shape index (κ1) is 19.3. The molecule has 1 atom stereocenters. The Morgan fingerprint density at radius 1 is 1.17 bits per heavy atom. The monoisotopic (exact) mass is 418 g/mol. The average Bonchev–Trinajstić information content (AvgIpc) is 3.14. The van der Waals surface area contributed by atoms with Gasteiger partial charge < -0.3 is 10.2 Å². The molecule has 1 N–H and O–H groups in total. The summed E-state index contributed by atoms with van der Waals surface area (Å²) in [5.74, 6) is 0.266. The average molecular weight is 419 g/mol. The van der Waals surface area contributed by atoms with Gasteiger partial charge in [-0.3, -0.25) is 9.69 Å². The summed E-state index contributed by atoms with van der Waals surface area (Å²) in [5.41, 5.74) is 5.24. The highest BCUT2D eigenvalue weighted by atomic mass is 32.1. The molecular formula is C24H26N4OS. The number of carbonyl (C=O) groups excluding carboxylic acids is 1. The Balaban J connectivity index is 1.49. The predicted molar refractivity (Wildman–Crippen MR) is 123 cm³/mol. The highest BCUT2D eigenvalue weighted by Crippen LogP contribution is 2.33. The van der Waals surface area contributed by atoms with Crippen LogP contribution in [0.4, 0.5) is 0 Å². The van der Waals surface area contributed by atoms with E-state index in [4.69, 9.17) is 0 Å². The molecule has 6 heteroatoms. The van der Waals surface area contributed by atoms with Gasteiger partial charge in [-0.15, -0.1) is 11.3 Å². The number of hydrogen-bond donors (Lipinski definition) is 1. The zero-order valence-corrected chi connectivity index (χ0v) is 18.2. The van der Waals surface area contributed by atoms with Gasteiger partial charge in [-0.1, -0.05) is 19.1 Å². The Kier molecular flexibility index (Phi) is 5.05. The van der Waals surface area contributed by atoms with Crippen molar-refractivity contribution in [2.75, 3.05) is 26.2 Å². The molecule has 1 fully saturated rings. The molecular weight excluding hydrogens is 392 g/mol. The van der Waals surface area contributed by atoms with Crippen LogP contribution in [0.15, 0.2) is 60.1 Å². The van der Waals surface area contributed by atoms with Gasteiger partial charge in [0.2, 0.25) is 0 Å². The zero-order chi connectivity index (χ0) is 20.7. The van der Waals surface area contributed by atoms with E-state index in [9.17, 15) is 4.79 Å². The lowest BCUT2D eigenvalue weighted by molar-refractivity contribution is -0.122. The van der Waals surface area contributed by atoms with Crippen molar-refractivity contribution in [3.05, 3.63) is 70.7 Å². The van der Waals surface area contributed by atoms with E-state index in [2.05, 4.69) is 58.6 Å². The second-order valence-corrected chi connectivity index (χ2v) is 9.35. The first-order valence-corrected chi connectivity index (χ1v) is 11.4. The fourth-order valence-electron chi connectivity index (χ4n) is 4.33. The molecule has 3 aliphatic rings. The molecule has 0 aliphatic carbocycles. The maximum atomic E-state index is 13.3. The van der Waals surface area contributed by atoms with E-state index >= 15 is 0 Å². The first-order chi connectivity index (χ1) is 14.6. The molecule has 1 unspecified atom stereocenters. The largest absolute Gasteiger partial charge is 0.368 e. The SMILES string of the molecule is Cc1nc2cc(C3=CC(=O)N4C=C(N5CCNCC5)C=CC4=CCC3C)ccc2s1. The van der Waals surface area contributed by atoms with Crippen molar-refractivity contribution < 1.29 is 4.79 Å². The highest BCUT2D eigenvalue weighted by Gasteiger charge is 2.24. The summed E-state index contributed by atoms with van der Waals surface area (Å²) in [6, 6.07) is 6.37. The lowest BCUT2D eigenvalue weighted by atomic mass is 9.89. The normalized spacial score (nSPS) is 22.3. The molecule has 2 aromatic rings. The topological polar surface area (TPSA) is 48.5 Å². The van der Waals surface area contributed by atoms with Gasteiger partial charge in [0.05, 0.1) is 20.9 Å². The summed E-state index contributed by atoms with van der Waals surface area (Å²) in [7, 11) is 0. The Morgan fingerprint density at radius 3 is 2.80 bits per heavy atom. The van der Waals surface area contributed by atoms with Crippen molar-refractivity contribution >= 4 is 33.0 Å². The molecule has 5 rings (SSSR count). The number of piperazine rings is 1. The van der Waals surface area contributed by atoms with Crippen LogP contribution in [0.5, 0.6) is 0 Å². The van der Waals surface area contributed by atoms with Gasteiger partial charge in [0, 0.05) is 44.2 Å². The number of fused-ring (bicyclic) bond motifs is 2. The van der Waals surface area contributed by atoms with E-state index in [1.165, 1.54) is 4.70 Å². The van der Waals surface area contributed by atoms with Crippen LogP contribution in [0.25, 0.3) is 15.8 Å². The molecule has 0 saturated carbocycles. The van der Waals surface area contributed by atoms with E-state index in [1.54, 1.807) is 16.2 Å². The van der Waals surface area contributed by atoms with Crippen LogP contribution in [-0.4, -0.2) is 46.9 Å². The van der Waals surface area contributed by atoms with Crippen molar-refractivity contribution in [1.82, 2.24) is 20.1 Å². The molecule has 0 radical (unpaired) electrons. The maximum Gasteiger partial charge on any atom is 0.255 e. The number of benzene rings is 1. The molecule has 1 amide bonds. The lowest BCUT2D eigenvalue weighted by Crippen LogP contribution is -2.43. The summed E-state index contributed by atoms with van der Waals surface area (Å²) in [4.78, 5) is 22.1. The molecule has 1 saturated heterocycles. The number of aryl methyl sites for hydroxylation is 1. The van der Waals surface area contributed by atoms with Crippen LogP contribution in [-0.2, 0) is 4.79 Å². The van der Waals surface area contributed by atoms with Crippen molar-refractivity contribution in [3.63, 3.8) is 0 Å². The number of amides is 1. The minimum atomic E-state index is 0.00865. The van der Waals surface area contributed by atoms with Gasteiger partial charge in [0.1, 0.15) is 0 Å². The quantitative estimate of drug-likeness (QED) is 0.799. The Labute approximate surface area is 181 Å². The van der Waals surface area contributed by atoms with Gasteiger partial charge in [0.25, 0.3) is 5.91 Å². The molecule has 4 heterocycles. The van der Waals surface area contributed by atoms with Gasteiger partial charge >= 0.3 is 0 Å². The van der Waals surface area contributed by atoms with Crippen molar-refractivity contribution in [2.24, 2.45) is 5.92 Å². The predicted octanol–water partition coefficient (Wildman–Crippen LogP) is 4.06. The molecule has 154 valence electrons. The maximum absolute atomic E-state index is 13.3. The zero-order valence-electron chi connectivity index (χ0n) is 17.4. The highest BCUT2D eigenvalue weighted by molar-refractivity contribution is 7.18. The second-order valence-electron chi connectivity index (χ2n) is 8.11. The van der Waals surface area contributed by atoms with Gasteiger partial charge in [-0.05, 0) is 54.7 Å². The van der Waals surface area contributed by atoms with Crippen LogP contribution < -0.4 is 5.32 Å². The minimum absolute atomic E-state index is 0.00865. The van der Waals surface area contributed by atoms with Crippen molar-refractivity contribution in [2.45, 2.75) is 20.3 Å². The van der Waals surface area contributed by atoms with Crippen LogP contribution in [0.1, 0.15) is 23.9 Å². The minimum Gasteiger partial charge on any atom is -0.368 e. The number of nitrogens with zero attached hydrogens (tertiary/aromatic N) is 3. The standard InChI is InChI=1S/C24H26N4OS/c1-16-3-5-19-6-7-20(27-11-9-25-10-12-27)15-28(19)24(29)14-21(16)18-4-8-23-22(13-18)26-17(2)30-23/h4-8,13-16,25H,3,9-12H2,1-2H3. The summed E-state index contributed by atoms with van der Waals surface area (Å²) in [5, 5.41) is 4.45. The first-order valence-electron chi connectivity index (χ1n) is 10.6. The number of thiazole rings is 1. The molecule has 3 aliphatic heterocycles. The van der Waals surface area contributed by atoms with E-state index in [0.717, 1.165) is 65.7 Å². The second kappa shape index (κ2) is 7.85. The summed E-state index contributed by atoms with van der Waals surface area (Å²) in [6.07, 6.45) is 11.1. The van der Waals surface area contributed by atoms with E-state index < -0.39 is 0 Å². The molecule has 1 aromatic carbocycles. The van der Waals surface area contributed by atoms with Gasteiger partial charge in [-0.25, -0.2) is 4.98 Å². The van der Waals surface area contributed by atoms with Crippen molar-refractivity contribution in [3.8, 4) is 0 Å². The van der Waals surface area contributed by atoms with Crippen LogP contribution in [0, 0.1) is 12.8 Å². The number of carbonyl (C=O) groups is 1. The fourth-order valence-corrected chi connectivity index (χ4v) is 5.14. The third-order valence-electron chi connectivity index (χ3n) is 6.00. The number of aromatic nitrogens is 1. The van der Waals surface area contributed by atoms with Crippen LogP contribution >= 0.6 is 11.3 Å². The fraction of sp³-hybridized carbons (Fsp3) is 0.333. The van der Waals surface area contributed by atoms with E-state index in [0.29, 0.717) is 0 Å². The molecule has 1 aromatic heterocycles. The third-order valence-corrected chi connectivity index (χ3v) is 6.95. The smallest absolute Gasteiger partial charge is 0.255 e. The number of hydrogen-bond acceptors (Lipinski definition) is 5. The van der Waals surface area contributed by atoms with Gasteiger partial charge in [0.15, 0.2) is 0 Å². The number of nitrogens with one attached hydrogen (secondary N) is 1.